The van der Waals surface area contributed by atoms with E-state index in [1.807, 2.05) is 6.92 Å². The van der Waals surface area contributed by atoms with Gasteiger partial charge in [-0.2, -0.15) is 4.98 Å². The summed E-state index contributed by atoms with van der Waals surface area (Å²) >= 11 is 0.125. The highest BCUT2D eigenvalue weighted by molar-refractivity contribution is 7.93. The Bertz CT molecular complexity index is 433. The lowest BCUT2D eigenvalue weighted by molar-refractivity contribution is 0.0958. The van der Waals surface area contributed by atoms with Crippen LogP contribution in [0.25, 0.3) is 0 Å². The summed E-state index contributed by atoms with van der Waals surface area (Å²) in [6, 6.07) is 0. The molecule has 0 spiro atoms. The van der Waals surface area contributed by atoms with Crippen molar-refractivity contribution in [2.24, 2.45) is 0 Å². The molecule has 0 saturated heterocycles. The lowest BCUT2D eigenvalue weighted by Crippen LogP contribution is -2.23. The second-order valence-corrected chi connectivity index (χ2v) is 7.23. The highest BCUT2D eigenvalue weighted by Gasteiger charge is 2.17. The van der Waals surface area contributed by atoms with Crippen molar-refractivity contribution < 1.29 is 9.35 Å². The van der Waals surface area contributed by atoms with Crippen molar-refractivity contribution in [3.63, 3.8) is 0 Å². The molecule has 1 heterocycles. The molecule has 0 aliphatic rings. The first-order valence-corrected chi connectivity index (χ1v) is 9.10. The number of rotatable bonds is 9. The van der Waals surface area contributed by atoms with Crippen LogP contribution in [0.1, 0.15) is 49.2 Å². The monoisotopic (exact) mass is 314 g/mol. The summed E-state index contributed by atoms with van der Waals surface area (Å²) in [5, 5.41) is 2.84. The number of carbonyl (C=O) groups is 1. The van der Waals surface area contributed by atoms with Gasteiger partial charge in [-0.3, -0.25) is 4.79 Å². The first kappa shape index (κ1) is 17.2. The van der Waals surface area contributed by atoms with E-state index >= 15 is 0 Å². The third-order valence-electron chi connectivity index (χ3n) is 2.65. The minimum atomic E-state index is -1.08. The van der Waals surface area contributed by atoms with E-state index in [-0.39, 0.29) is 5.91 Å². The Morgan fingerprint density at radius 3 is 2.90 bits per heavy atom. The van der Waals surface area contributed by atoms with E-state index in [4.69, 9.17) is 0 Å². The van der Waals surface area contributed by atoms with Gasteiger partial charge in [-0.05, 0) is 19.8 Å². The summed E-state index contributed by atoms with van der Waals surface area (Å²) < 4.78 is 12.1. The number of hydrogen-bond acceptors (Lipinski definition) is 4. The number of aromatic nitrogens is 1. The molecule has 112 valence electrons. The zero-order chi connectivity index (χ0) is 14.8. The molecule has 0 radical (unpaired) electrons. The van der Waals surface area contributed by atoms with Crippen molar-refractivity contribution in [2.45, 2.75) is 43.9 Å². The Balaban J connectivity index is 2.29. The van der Waals surface area contributed by atoms with Gasteiger partial charge in [0.15, 0.2) is 0 Å². The van der Waals surface area contributed by atoms with Crippen LogP contribution in [0.3, 0.4) is 0 Å². The summed E-state index contributed by atoms with van der Waals surface area (Å²) in [7, 11) is 0. The molecule has 1 amide bonds. The zero-order valence-electron chi connectivity index (χ0n) is 12.1. The number of amides is 1. The molecular formula is C14H22N2O2S2. The van der Waals surface area contributed by atoms with Gasteiger partial charge in [0.2, 0.25) is 0 Å². The van der Waals surface area contributed by atoms with Crippen LogP contribution < -0.4 is 5.32 Å². The molecule has 1 rings (SSSR count). The smallest absolute Gasteiger partial charge is 0.302 e. The fourth-order valence-corrected chi connectivity index (χ4v) is 3.48. The molecule has 0 fully saturated rings. The van der Waals surface area contributed by atoms with E-state index in [0.29, 0.717) is 21.5 Å². The van der Waals surface area contributed by atoms with Gasteiger partial charge in [0.05, 0.1) is 6.20 Å². The Morgan fingerprint density at radius 1 is 1.45 bits per heavy atom. The average molecular weight is 314 g/mol. The molecule has 0 aromatic carbocycles. The van der Waals surface area contributed by atoms with Crippen LogP contribution in [-0.4, -0.2) is 27.7 Å². The molecule has 20 heavy (non-hydrogen) atoms. The van der Waals surface area contributed by atoms with Crippen molar-refractivity contribution in [3.05, 3.63) is 23.2 Å². The van der Waals surface area contributed by atoms with Crippen LogP contribution in [0.4, 0.5) is 0 Å². The number of thiazole rings is 1. The standard InChI is InChI=1S/C14H22N2O2S2/c1-3-5-6-7-8-9-10-15-13(17)12-11-16-14(19-12)20(18)4-2/h7-8,11H,3-6,9-10H2,1-2H3,(H,15,17)/b8-7-. The van der Waals surface area contributed by atoms with Gasteiger partial charge in [-0.1, -0.05) is 43.3 Å². The Kier molecular flexibility index (Phi) is 8.57. The predicted molar refractivity (Wildman–Crippen MR) is 84.7 cm³/mol. The van der Waals surface area contributed by atoms with Crippen LogP contribution in [0.2, 0.25) is 0 Å². The van der Waals surface area contributed by atoms with Crippen molar-refractivity contribution >= 4 is 28.4 Å². The van der Waals surface area contributed by atoms with Gasteiger partial charge in [0, 0.05) is 17.7 Å². The van der Waals surface area contributed by atoms with E-state index in [0.717, 1.165) is 12.8 Å². The molecule has 1 aromatic heterocycles. The Hall–Kier alpha value is -0.850. The zero-order valence-corrected chi connectivity index (χ0v) is 13.7. The van der Waals surface area contributed by atoms with Crippen LogP contribution in [0.15, 0.2) is 22.7 Å². The summed E-state index contributed by atoms with van der Waals surface area (Å²) in [5.74, 6) is 0.390. The predicted octanol–water partition coefficient (Wildman–Crippen LogP) is 3.14. The summed E-state index contributed by atoms with van der Waals surface area (Å²) in [4.78, 5) is 16.4. The Labute approximate surface area is 127 Å². The second kappa shape index (κ2) is 9.96. The summed E-state index contributed by atoms with van der Waals surface area (Å²) in [5.41, 5.74) is 0. The van der Waals surface area contributed by atoms with Crippen molar-refractivity contribution in [1.29, 1.82) is 0 Å². The molecule has 0 bridgehead atoms. The van der Waals surface area contributed by atoms with E-state index in [2.05, 4.69) is 29.4 Å². The highest BCUT2D eigenvalue weighted by Crippen LogP contribution is 2.19. The average Bonchev–Trinajstić information content (AvgIpc) is 2.95. The molecule has 4 nitrogen and oxygen atoms in total. The molecule has 0 aliphatic heterocycles. The van der Waals surface area contributed by atoms with Crippen LogP contribution in [0, 0.1) is 0 Å². The van der Waals surface area contributed by atoms with E-state index < -0.39 is 11.2 Å². The van der Waals surface area contributed by atoms with Gasteiger partial charge in [0.25, 0.3) is 5.91 Å². The maximum absolute atomic E-state index is 11.8. The van der Waals surface area contributed by atoms with Gasteiger partial charge in [0.1, 0.15) is 10.6 Å². The van der Waals surface area contributed by atoms with E-state index in [9.17, 15) is 9.35 Å². The van der Waals surface area contributed by atoms with Crippen molar-refractivity contribution in [3.8, 4) is 0 Å². The van der Waals surface area contributed by atoms with Crippen molar-refractivity contribution in [1.82, 2.24) is 10.3 Å². The van der Waals surface area contributed by atoms with Gasteiger partial charge in [-0.15, -0.1) is 0 Å². The first-order valence-electron chi connectivity index (χ1n) is 6.96. The van der Waals surface area contributed by atoms with Crippen molar-refractivity contribution in [2.75, 3.05) is 12.3 Å². The third-order valence-corrected chi connectivity index (χ3v) is 5.27. The molecule has 0 aliphatic carbocycles. The highest BCUT2D eigenvalue weighted by atomic mass is 32.2. The van der Waals surface area contributed by atoms with Crippen LogP contribution in [-0.2, 0) is 11.2 Å². The summed E-state index contributed by atoms with van der Waals surface area (Å²) in [6.07, 6.45) is 10.1. The second-order valence-electron chi connectivity index (χ2n) is 4.28. The minimum absolute atomic E-state index is 0.135. The largest absolute Gasteiger partial charge is 0.610 e. The van der Waals surface area contributed by atoms with E-state index in [1.165, 1.54) is 30.4 Å². The maximum atomic E-state index is 11.8. The van der Waals surface area contributed by atoms with E-state index in [1.54, 1.807) is 0 Å². The van der Waals surface area contributed by atoms with Crippen LogP contribution in [0.5, 0.6) is 0 Å². The number of allylic oxidation sites excluding steroid dienone is 1. The minimum Gasteiger partial charge on any atom is -0.610 e. The maximum Gasteiger partial charge on any atom is 0.302 e. The molecule has 6 heteroatoms. The molecule has 1 atom stereocenters. The number of nitrogens with zero attached hydrogens (tertiary/aromatic N) is 1. The molecule has 1 aromatic rings. The summed E-state index contributed by atoms with van der Waals surface area (Å²) in [6.45, 7) is 4.62. The molecule has 1 N–H and O–H groups in total. The normalized spacial score (nSPS) is 12.8. The lowest BCUT2D eigenvalue weighted by Gasteiger charge is -2.01. The van der Waals surface area contributed by atoms with Gasteiger partial charge < -0.3 is 9.87 Å². The first-order chi connectivity index (χ1) is 9.69. The number of nitrogens with one attached hydrogen (secondary N) is 1. The quantitative estimate of drug-likeness (QED) is 0.432. The third kappa shape index (κ3) is 6.07. The topological polar surface area (TPSA) is 65.0 Å². The number of hydrogen-bond donors (Lipinski definition) is 1. The Morgan fingerprint density at radius 2 is 2.20 bits per heavy atom. The fraction of sp³-hybridized carbons (Fsp3) is 0.571. The molecule has 0 saturated carbocycles. The molecule has 1 unspecified atom stereocenters. The lowest BCUT2D eigenvalue weighted by atomic mass is 10.2. The number of carbonyl (C=O) groups excluding carboxylic acids is 1. The SMILES string of the molecule is CCCC/C=C\CCNC(=O)c1cnc([S+]([O-])CC)s1. The fourth-order valence-electron chi connectivity index (χ4n) is 1.51. The van der Waals surface area contributed by atoms with Gasteiger partial charge in [-0.25, -0.2) is 0 Å². The number of unbranched alkanes of at least 4 members (excludes halogenated alkanes) is 2. The van der Waals surface area contributed by atoms with Gasteiger partial charge >= 0.3 is 4.34 Å². The van der Waals surface area contributed by atoms with Crippen LogP contribution >= 0.6 is 11.3 Å². The molecular weight excluding hydrogens is 292 g/mol.